The average Bonchev–Trinajstić information content (AvgIpc) is 2.15. The Balaban J connectivity index is 5.20. The van der Waals surface area contributed by atoms with Crippen LogP contribution in [-0.2, 0) is 4.79 Å². The van der Waals surface area contributed by atoms with Crippen LogP contribution in [0.3, 0.4) is 0 Å². The number of ketones is 1. The molecule has 0 aromatic heterocycles. The molecule has 1 nitrogen and oxygen atoms in total. The maximum atomic E-state index is 12.9. The van der Waals surface area contributed by atoms with Crippen LogP contribution in [0.1, 0.15) is 83.1 Å². The number of rotatable bonds is 4. The highest BCUT2D eigenvalue weighted by molar-refractivity contribution is 7.63. The number of hydrogen-bond donors (Lipinski definition) is 0. The summed E-state index contributed by atoms with van der Waals surface area (Å²) in [7, 11) is -0.647. The molecule has 0 aromatic rings. The number of hydrogen-bond acceptors (Lipinski definition) is 1. The molecule has 132 valence electrons. The van der Waals surface area contributed by atoms with Crippen molar-refractivity contribution < 1.29 is 4.79 Å². The zero-order chi connectivity index (χ0) is 18.1. The molecular weight excluding hydrogens is 306 g/mol. The fourth-order valence-electron chi connectivity index (χ4n) is 3.36. The summed E-state index contributed by atoms with van der Waals surface area (Å²) in [6, 6.07) is 0. The maximum Gasteiger partial charge on any atom is 0.141 e. The van der Waals surface area contributed by atoms with E-state index in [9.17, 15) is 4.79 Å². The molecule has 0 aliphatic heterocycles. The molecule has 0 amide bonds. The summed E-state index contributed by atoms with van der Waals surface area (Å²) in [6.07, 6.45) is 1.57. The van der Waals surface area contributed by atoms with Crippen molar-refractivity contribution in [1.82, 2.24) is 0 Å². The van der Waals surface area contributed by atoms with Crippen LogP contribution < -0.4 is 0 Å². The molecule has 0 aliphatic carbocycles. The Kier molecular flexibility index (Phi) is 7.36. The first-order valence-corrected chi connectivity index (χ1v) is 11.5. The third kappa shape index (κ3) is 7.40. The lowest BCUT2D eigenvalue weighted by Gasteiger charge is -2.43. The third-order valence-corrected chi connectivity index (χ3v) is 11.7. The summed E-state index contributed by atoms with van der Waals surface area (Å²) in [6.45, 7) is 27.6. The molecule has 0 rings (SSSR count). The zero-order valence-corrected chi connectivity index (χ0v) is 19.0. The topological polar surface area (TPSA) is 17.1 Å². The molecule has 0 N–H and O–H groups in total. The first-order valence-electron chi connectivity index (χ1n) is 8.44. The van der Waals surface area contributed by atoms with Crippen molar-refractivity contribution in [2.75, 3.05) is 12.3 Å². The number of carbonyl (C=O) groups is 1. The van der Waals surface area contributed by atoms with Gasteiger partial charge in [0.1, 0.15) is 5.78 Å². The predicted molar refractivity (Wildman–Crippen MR) is 108 cm³/mol. The molecule has 0 saturated heterocycles. The first kappa shape index (κ1) is 22.5. The second kappa shape index (κ2) is 7.19. The smallest absolute Gasteiger partial charge is 0.141 e. The van der Waals surface area contributed by atoms with Crippen LogP contribution in [-0.4, -0.2) is 38.7 Å². The van der Waals surface area contributed by atoms with Crippen molar-refractivity contribution >= 4 is 21.6 Å². The van der Waals surface area contributed by atoms with Gasteiger partial charge in [0.25, 0.3) is 0 Å². The fourth-order valence-corrected chi connectivity index (χ4v) is 10.4. The molecule has 0 radical (unpaired) electrons. The van der Waals surface area contributed by atoms with Crippen molar-refractivity contribution in [3.05, 3.63) is 0 Å². The van der Waals surface area contributed by atoms with Gasteiger partial charge in [0.05, 0.1) is 0 Å². The Bertz CT molecular complexity index is 308. The van der Waals surface area contributed by atoms with Crippen LogP contribution in [0.4, 0.5) is 0 Å². The lowest BCUT2D eigenvalue weighted by Crippen LogP contribution is -2.32. The van der Waals surface area contributed by atoms with E-state index in [-0.39, 0.29) is 36.5 Å². The van der Waals surface area contributed by atoms with Crippen LogP contribution >= 0.6 is 15.8 Å². The van der Waals surface area contributed by atoms with E-state index in [1.54, 1.807) is 0 Å². The largest absolute Gasteiger partial charge is 0.299 e. The van der Waals surface area contributed by atoms with Gasteiger partial charge in [0, 0.05) is 12.3 Å². The van der Waals surface area contributed by atoms with Crippen LogP contribution in [0.15, 0.2) is 0 Å². The molecule has 0 heterocycles. The molecule has 22 heavy (non-hydrogen) atoms. The molecule has 3 heteroatoms. The van der Waals surface area contributed by atoms with Crippen molar-refractivity contribution in [1.29, 1.82) is 0 Å². The van der Waals surface area contributed by atoms with Gasteiger partial charge in [-0.1, -0.05) is 98.9 Å². The quantitative estimate of drug-likeness (QED) is 0.517. The van der Waals surface area contributed by atoms with Gasteiger partial charge in [-0.05, 0) is 20.6 Å². The van der Waals surface area contributed by atoms with Gasteiger partial charge in [0.2, 0.25) is 0 Å². The van der Waals surface area contributed by atoms with Crippen molar-refractivity contribution in [3.63, 3.8) is 0 Å². The van der Waals surface area contributed by atoms with E-state index in [4.69, 9.17) is 0 Å². The van der Waals surface area contributed by atoms with Crippen molar-refractivity contribution in [2.24, 2.45) is 0 Å². The van der Waals surface area contributed by atoms with Gasteiger partial charge in [-0.2, -0.15) is 0 Å². The first-order chi connectivity index (χ1) is 9.37. The molecule has 0 atom stereocenters. The van der Waals surface area contributed by atoms with E-state index in [1.807, 2.05) is 0 Å². The minimum absolute atomic E-state index is 0.232. The van der Waals surface area contributed by atoms with E-state index < -0.39 is 0 Å². The Morgan fingerprint density at radius 3 is 0.864 bits per heavy atom. The van der Waals surface area contributed by atoms with Crippen LogP contribution in [0, 0.1) is 0 Å². The number of Topliss-reactive ketones (excluding diaryl/α,β-unsaturated/α-hetero) is 1. The highest BCUT2D eigenvalue weighted by atomic mass is 31.1. The molecule has 0 fully saturated rings. The van der Waals surface area contributed by atoms with Crippen LogP contribution in [0.5, 0.6) is 0 Å². The van der Waals surface area contributed by atoms with E-state index in [1.165, 1.54) is 0 Å². The number of carbonyl (C=O) groups excluding carboxylic acids is 1. The molecule has 0 aliphatic rings. The van der Waals surface area contributed by atoms with Crippen molar-refractivity contribution in [2.45, 2.75) is 104 Å². The Morgan fingerprint density at radius 2 is 0.727 bits per heavy atom. The lowest BCUT2D eigenvalue weighted by molar-refractivity contribution is -0.114. The highest BCUT2D eigenvalue weighted by Crippen LogP contribution is 2.62. The lowest BCUT2D eigenvalue weighted by atomic mass is 10.2. The summed E-state index contributed by atoms with van der Waals surface area (Å²) in [5.41, 5.74) is 0. The van der Waals surface area contributed by atoms with Gasteiger partial charge in [-0.3, -0.25) is 4.79 Å². The highest BCUT2D eigenvalue weighted by Gasteiger charge is 2.39. The predicted octanol–water partition coefficient (Wildman–Crippen LogP) is 6.71. The van der Waals surface area contributed by atoms with E-state index >= 15 is 0 Å². The molecule has 0 saturated carbocycles. The van der Waals surface area contributed by atoms with Gasteiger partial charge in [0.15, 0.2) is 0 Å². The van der Waals surface area contributed by atoms with Gasteiger partial charge >= 0.3 is 0 Å². The van der Waals surface area contributed by atoms with E-state index in [2.05, 4.69) is 83.1 Å². The van der Waals surface area contributed by atoms with Crippen LogP contribution in [0.25, 0.3) is 0 Å². The summed E-state index contributed by atoms with van der Waals surface area (Å²) in [5.74, 6) is 0.493. The summed E-state index contributed by atoms with van der Waals surface area (Å²) >= 11 is 0. The standard InChI is InChI=1S/C19H40OP2/c1-16(2,3)21(17(4,5)6)13-15(20)14-22(18(7,8)9)19(10,11)12/h13-14H2,1-12H3. The van der Waals surface area contributed by atoms with Gasteiger partial charge in [-0.25, -0.2) is 0 Å². The van der Waals surface area contributed by atoms with E-state index in [0.717, 1.165) is 12.3 Å². The molecule has 0 aromatic carbocycles. The normalized spacial score (nSPS) is 14.8. The van der Waals surface area contributed by atoms with E-state index in [0.29, 0.717) is 5.78 Å². The van der Waals surface area contributed by atoms with Crippen molar-refractivity contribution in [3.8, 4) is 0 Å². The minimum Gasteiger partial charge on any atom is -0.299 e. The third-order valence-electron chi connectivity index (χ3n) is 3.91. The second-order valence-electron chi connectivity index (χ2n) is 10.4. The minimum atomic E-state index is -0.324. The SMILES string of the molecule is CC(C)(C)P(CC(=O)CP(C(C)(C)C)C(C)(C)C)C(C)(C)C. The summed E-state index contributed by atoms with van der Waals surface area (Å²) < 4.78 is 0. The van der Waals surface area contributed by atoms with Gasteiger partial charge < -0.3 is 0 Å². The maximum absolute atomic E-state index is 12.9. The molecule has 0 unspecified atom stereocenters. The zero-order valence-electron chi connectivity index (χ0n) is 17.2. The average molecular weight is 346 g/mol. The Morgan fingerprint density at radius 1 is 0.545 bits per heavy atom. The monoisotopic (exact) mass is 346 g/mol. The molecule has 0 spiro atoms. The Labute approximate surface area is 142 Å². The molecular formula is C19H40OP2. The second-order valence-corrected chi connectivity index (χ2v) is 18.1. The van der Waals surface area contributed by atoms with Gasteiger partial charge in [-0.15, -0.1) is 0 Å². The summed E-state index contributed by atoms with van der Waals surface area (Å²) in [5, 5.41) is 0.926. The molecule has 0 bridgehead atoms. The Hall–Kier alpha value is 0.530. The van der Waals surface area contributed by atoms with Crippen LogP contribution in [0.2, 0.25) is 0 Å². The fraction of sp³-hybridized carbons (Fsp3) is 0.947. The summed E-state index contributed by atoms with van der Waals surface area (Å²) in [4.78, 5) is 12.9.